The number of likely N-dealkylation sites (tertiary alicyclic amines) is 1. The molecule has 0 saturated carbocycles. The maximum Gasteiger partial charge on any atom is 0.165 e. The summed E-state index contributed by atoms with van der Waals surface area (Å²) in [4.78, 5) is 6.77. The maximum atomic E-state index is 14.0. The molecular formula is C23H25FN2O3. The van der Waals surface area contributed by atoms with Crippen LogP contribution in [0.3, 0.4) is 0 Å². The molecule has 152 valence electrons. The van der Waals surface area contributed by atoms with Gasteiger partial charge in [0.15, 0.2) is 23.1 Å². The van der Waals surface area contributed by atoms with Crippen molar-refractivity contribution in [1.29, 1.82) is 0 Å². The lowest BCUT2D eigenvalue weighted by atomic mass is 9.98. The molecule has 0 bridgehead atoms. The van der Waals surface area contributed by atoms with Crippen LogP contribution in [-0.4, -0.2) is 43.7 Å². The molecule has 3 aromatic rings. The minimum Gasteiger partial charge on any atom is -0.493 e. The van der Waals surface area contributed by atoms with E-state index in [0.29, 0.717) is 35.3 Å². The third-order valence-corrected chi connectivity index (χ3v) is 5.36. The van der Waals surface area contributed by atoms with E-state index >= 15 is 0 Å². The average molecular weight is 396 g/mol. The molecule has 1 aromatic heterocycles. The Morgan fingerprint density at radius 1 is 1.03 bits per heavy atom. The van der Waals surface area contributed by atoms with Crippen molar-refractivity contribution >= 4 is 10.9 Å². The van der Waals surface area contributed by atoms with E-state index in [1.54, 1.807) is 37.6 Å². The van der Waals surface area contributed by atoms with Gasteiger partial charge in [-0.3, -0.25) is 4.98 Å². The predicted molar refractivity (Wildman–Crippen MR) is 110 cm³/mol. The van der Waals surface area contributed by atoms with E-state index < -0.39 is 5.82 Å². The number of para-hydroxylation sites is 1. The number of benzene rings is 2. The van der Waals surface area contributed by atoms with Gasteiger partial charge in [0.2, 0.25) is 0 Å². The fourth-order valence-electron chi connectivity index (χ4n) is 3.57. The van der Waals surface area contributed by atoms with Gasteiger partial charge in [-0.1, -0.05) is 12.1 Å². The molecule has 2 heterocycles. The van der Waals surface area contributed by atoms with Crippen molar-refractivity contribution in [1.82, 2.24) is 9.88 Å². The van der Waals surface area contributed by atoms with Crippen molar-refractivity contribution < 1.29 is 18.6 Å². The Balaban J connectivity index is 1.58. The van der Waals surface area contributed by atoms with Gasteiger partial charge in [0.05, 0.1) is 19.2 Å². The Bertz CT molecular complexity index is 987. The van der Waals surface area contributed by atoms with Crippen LogP contribution in [0.2, 0.25) is 0 Å². The Kier molecular flexibility index (Phi) is 5.81. The summed E-state index contributed by atoms with van der Waals surface area (Å²) in [7, 11) is 3.76. The maximum absolute atomic E-state index is 14.0. The summed E-state index contributed by atoms with van der Waals surface area (Å²) >= 11 is 0. The normalized spacial score (nSPS) is 15.4. The highest BCUT2D eigenvalue weighted by molar-refractivity contribution is 5.88. The van der Waals surface area contributed by atoms with Crippen LogP contribution in [-0.2, 0) is 0 Å². The standard InChI is InChI=1S/C23H25FN2O3/c1-26-11-8-16(9-12-26)15-28-23-14-19-17(13-22(23)27-2)20(7-10-25-19)29-21-6-4-3-5-18(21)24/h3-7,10,13-14,16H,8-9,11-12,15H2,1-2H3. The second-order valence-corrected chi connectivity index (χ2v) is 7.42. The number of methoxy groups -OCH3 is 1. The van der Waals surface area contributed by atoms with E-state index in [0.717, 1.165) is 31.3 Å². The van der Waals surface area contributed by atoms with Gasteiger partial charge in [0, 0.05) is 17.6 Å². The van der Waals surface area contributed by atoms with E-state index in [-0.39, 0.29) is 5.75 Å². The number of fused-ring (bicyclic) bond motifs is 1. The highest BCUT2D eigenvalue weighted by atomic mass is 19.1. The Morgan fingerprint density at radius 2 is 1.83 bits per heavy atom. The lowest BCUT2D eigenvalue weighted by molar-refractivity contribution is 0.157. The molecule has 1 aliphatic rings. The van der Waals surface area contributed by atoms with Crippen LogP contribution in [0, 0.1) is 11.7 Å². The number of nitrogens with zero attached hydrogens (tertiary/aromatic N) is 2. The van der Waals surface area contributed by atoms with Gasteiger partial charge in [0.1, 0.15) is 5.75 Å². The average Bonchev–Trinajstić information content (AvgIpc) is 2.74. The molecule has 0 atom stereocenters. The van der Waals surface area contributed by atoms with E-state index in [1.165, 1.54) is 6.07 Å². The molecular weight excluding hydrogens is 371 g/mol. The third kappa shape index (κ3) is 4.43. The first-order valence-corrected chi connectivity index (χ1v) is 9.84. The summed E-state index contributed by atoms with van der Waals surface area (Å²) < 4.78 is 31.5. The molecule has 1 aliphatic heterocycles. The van der Waals surface area contributed by atoms with E-state index in [9.17, 15) is 4.39 Å². The SMILES string of the molecule is COc1cc2c(Oc3ccccc3F)ccnc2cc1OCC1CCN(C)CC1. The molecule has 6 heteroatoms. The summed E-state index contributed by atoms with van der Waals surface area (Å²) in [5.41, 5.74) is 0.706. The van der Waals surface area contributed by atoms with Crippen molar-refractivity contribution in [3.8, 4) is 23.0 Å². The Morgan fingerprint density at radius 3 is 2.59 bits per heavy atom. The molecule has 0 radical (unpaired) electrons. The lowest BCUT2D eigenvalue weighted by Crippen LogP contribution is -2.32. The summed E-state index contributed by atoms with van der Waals surface area (Å²) in [5, 5.41) is 0.735. The van der Waals surface area contributed by atoms with Crippen LogP contribution in [0.1, 0.15) is 12.8 Å². The third-order valence-electron chi connectivity index (χ3n) is 5.36. The van der Waals surface area contributed by atoms with E-state index in [4.69, 9.17) is 14.2 Å². The predicted octanol–water partition coefficient (Wildman–Crippen LogP) is 4.90. The number of ether oxygens (including phenoxy) is 3. The zero-order valence-electron chi connectivity index (χ0n) is 16.7. The van der Waals surface area contributed by atoms with Crippen LogP contribution < -0.4 is 14.2 Å². The fraction of sp³-hybridized carbons (Fsp3) is 0.348. The van der Waals surface area contributed by atoms with E-state index in [1.807, 2.05) is 12.1 Å². The van der Waals surface area contributed by atoms with Gasteiger partial charge in [0.25, 0.3) is 0 Å². The first-order chi connectivity index (χ1) is 14.1. The number of hydrogen-bond donors (Lipinski definition) is 0. The molecule has 0 N–H and O–H groups in total. The minimum atomic E-state index is -0.414. The summed E-state index contributed by atoms with van der Waals surface area (Å²) in [6.07, 6.45) is 3.91. The number of hydrogen-bond acceptors (Lipinski definition) is 5. The monoisotopic (exact) mass is 396 g/mol. The topological polar surface area (TPSA) is 43.8 Å². The fourth-order valence-corrected chi connectivity index (χ4v) is 3.57. The number of aromatic nitrogens is 1. The molecule has 0 aliphatic carbocycles. The first-order valence-electron chi connectivity index (χ1n) is 9.84. The van der Waals surface area contributed by atoms with Crippen molar-refractivity contribution in [2.24, 2.45) is 5.92 Å². The van der Waals surface area contributed by atoms with Crippen LogP contribution in [0.15, 0.2) is 48.7 Å². The van der Waals surface area contributed by atoms with Gasteiger partial charge < -0.3 is 19.1 Å². The zero-order valence-corrected chi connectivity index (χ0v) is 16.7. The largest absolute Gasteiger partial charge is 0.493 e. The Hall–Kier alpha value is -2.86. The minimum absolute atomic E-state index is 0.168. The summed E-state index contributed by atoms with van der Waals surface area (Å²) in [5.74, 6) is 2.07. The van der Waals surface area contributed by atoms with Crippen molar-refractivity contribution in [3.05, 3.63) is 54.5 Å². The highest BCUT2D eigenvalue weighted by Gasteiger charge is 2.19. The van der Waals surface area contributed by atoms with Crippen molar-refractivity contribution in [3.63, 3.8) is 0 Å². The van der Waals surface area contributed by atoms with Crippen LogP contribution >= 0.6 is 0 Å². The quantitative estimate of drug-likeness (QED) is 0.593. The molecule has 0 unspecified atom stereocenters. The molecule has 4 rings (SSSR count). The highest BCUT2D eigenvalue weighted by Crippen LogP contribution is 2.37. The van der Waals surface area contributed by atoms with Crippen molar-refractivity contribution in [2.75, 3.05) is 33.9 Å². The second-order valence-electron chi connectivity index (χ2n) is 7.42. The van der Waals surface area contributed by atoms with Gasteiger partial charge in [-0.15, -0.1) is 0 Å². The van der Waals surface area contributed by atoms with E-state index in [2.05, 4.69) is 16.9 Å². The number of piperidine rings is 1. The molecule has 5 nitrogen and oxygen atoms in total. The lowest BCUT2D eigenvalue weighted by Gasteiger charge is -2.28. The summed E-state index contributed by atoms with van der Waals surface area (Å²) in [6, 6.07) is 11.7. The van der Waals surface area contributed by atoms with Crippen LogP contribution in [0.25, 0.3) is 10.9 Å². The van der Waals surface area contributed by atoms with Gasteiger partial charge >= 0.3 is 0 Å². The van der Waals surface area contributed by atoms with Crippen LogP contribution in [0.5, 0.6) is 23.0 Å². The van der Waals surface area contributed by atoms with Crippen LogP contribution in [0.4, 0.5) is 4.39 Å². The molecule has 0 amide bonds. The molecule has 1 fully saturated rings. The molecule has 0 spiro atoms. The van der Waals surface area contributed by atoms with Gasteiger partial charge in [-0.25, -0.2) is 4.39 Å². The first kappa shape index (κ1) is 19.5. The number of pyridine rings is 1. The number of halogens is 1. The smallest absolute Gasteiger partial charge is 0.165 e. The summed E-state index contributed by atoms with van der Waals surface area (Å²) in [6.45, 7) is 2.85. The van der Waals surface area contributed by atoms with Gasteiger partial charge in [-0.2, -0.15) is 0 Å². The molecule has 2 aromatic carbocycles. The molecule has 29 heavy (non-hydrogen) atoms. The van der Waals surface area contributed by atoms with Gasteiger partial charge in [-0.05, 0) is 63.2 Å². The Labute approximate surface area is 170 Å². The number of rotatable bonds is 6. The second kappa shape index (κ2) is 8.66. The van der Waals surface area contributed by atoms with Crippen molar-refractivity contribution in [2.45, 2.75) is 12.8 Å². The zero-order chi connectivity index (χ0) is 20.2. The molecule has 1 saturated heterocycles.